The van der Waals surface area contributed by atoms with Gasteiger partial charge in [-0.2, -0.15) is 0 Å². The van der Waals surface area contributed by atoms with E-state index in [2.05, 4.69) is 24.5 Å². The van der Waals surface area contributed by atoms with E-state index in [1.807, 2.05) is 13.0 Å². The first kappa shape index (κ1) is 22.6. The van der Waals surface area contributed by atoms with E-state index in [-0.39, 0.29) is 28.9 Å². The number of carbonyl (C=O) groups excluding carboxylic acids is 3. The van der Waals surface area contributed by atoms with Crippen LogP contribution in [0.2, 0.25) is 0 Å². The van der Waals surface area contributed by atoms with E-state index in [4.69, 9.17) is 4.42 Å². The Bertz CT molecular complexity index is 995. The second kappa shape index (κ2) is 8.93. The van der Waals surface area contributed by atoms with Gasteiger partial charge in [-0.05, 0) is 36.1 Å². The minimum absolute atomic E-state index is 0.112. The van der Waals surface area contributed by atoms with E-state index in [0.717, 1.165) is 5.56 Å². The number of nitrogens with one attached hydrogen (secondary N) is 2. The molecule has 1 saturated carbocycles. The summed E-state index contributed by atoms with van der Waals surface area (Å²) in [6, 6.07) is 4.78. The van der Waals surface area contributed by atoms with E-state index < -0.39 is 23.7 Å². The predicted octanol–water partition coefficient (Wildman–Crippen LogP) is 2.85. The lowest BCUT2D eigenvalue weighted by molar-refractivity contribution is -0.145. The van der Waals surface area contributed by atoms with Crippen molar-refractivity contribution in [3.05, 3.63) is 47.4 Å². The molecule has 0 bridgehead atoms. The second-order valence-electron chi connectivity index (χ2n) is 8.29. The Hall–Kier alpha value is -3.13. The van der Waals surface area contributed by atoms with Gasteiger partial charge in [0, 0.05) is 14.1 Å². The Morgan fingerprint density at radius 1 is 1.19 bits per heavy atom. The van der Waals surface area contributed by atoms with Crippen molar-refractivity contribution in [2.75, 3.05) is 19.4 Å². The van der Waals surface area contributed by atoms with Gasteiger partial charge in [0.2, 0.25) is 11.6 Å². The van der Waals surface area contributed by atoms with Gasteiger partial charge < -0.3 is 19.7 Å². The molecule has 1 heterocycles. The Morgan fingerprint density at radius 3 is 2.45 bits per heavy atom. The molecule has 8 heteroatoms. The van der Waals surface area contributed by atoms with Crippen LogP contribution < -0.4 is 10.6 Å². The first-order valence-electron chi connectivity index (χ1n) is 10.4. The summed E-state index contributed by atoms with van der Waals surface area (Å²) in [6.07, 6.45) is 2.37. The molecule has 2 unspecified atom stereocenters. The first-order chi connectivity index (χ1) is 14.6. The zero-order valence-corrected chi connectivity index (χ0v) is 18.4. The normalized spacial score (nSPS) is 19.3. The smallest absolute Gasteiger partial charge is 0.257 e. The fraction of sp³-hybridized carbons (Fsp3) is 0.435. The fourth-order valence-electron chi connectivity index (χ4n) is 3.55. The zero-order valence-electron chi connectivity index (χ0n) is 18.4. The standard InChI is InChI=1S/C23H29N3O5/c1-6-15(17-10-13(11-31-17)12(2)3)24-18-19(22(29)21(18)28)25-16-9-7-8-14(20(16)27)23(30)26(4)5/h7-12,15,18-19,24-25,27H,6H2,1-5H3/t15-,18?,19?/m1/s1. The third-order valence-corrected chi connectivity index (χ3v) is 5.56. The van der Waals surface area contributed by atoms with Crippen LogP contribution in [0.1, 0.15) is 60.8 Å². The van der Waals surface area contributed by atoms with Crippen molar-refractivity contribution in [1.82, 2.24) is 10.2 Å². The van der Waals surface area contributed by atoms with Gasteiger partial charge in [-0.1, -0.05) is 26.8 Å². The number of amides is 1. The number of hydrogen-bond acceptors (Lipinski definition) is 7. The number of nitrogens with zero attached hydrogens (tertiary/aromatic N) is 1. The molecule has 3 atom stereocenters. The number of anilines is 1. The number of Topliss-reactive ketones (excluding diaryl/α,β-unsaturated/α-hetero) is 2. The van der Waals surface area contributed by atoms with Gasteiger partial charge in [-0.15, -0.1) is 0 Å². The molecule has 1 aromatic carbocycles. The van der Waals surface area contributed by atoms with Crippen molar-refractivity contribution in [3.63, 3.8) is 0 Å². The molecule has 3 N–H and O–H groups in total. The lowest BCUT2D eigenvalue weighted by Gasteiger charge is -2.37. The molecule has 3 rings (SSSR count). The molecule has 31 heavy (non-hydrogen) atoms. The summed E-state index contributed by atoms with van der Waals surface area (Å²) < 4.78 is 5.69. The van der Waals surface area contributed by atoms with Crippen LogP contribution in [0.25, 0.3) is 0 Å². The van der Waals surface area contributed by atoms with Gasteiger partial charge >= 0.3 is 0 Å². The molecule has 0 spiro atoms. The number of aromatic hydroxyl groups is 1. The molecule has 1 aliphatic rings. The van der Waals surface area contributed by atoms with Crippen LogP contribution in [0.4, 0.5) is 5.69 Å². The van der Waals surface area contributed by atoms with E-state index in [0.29, 0.717) is 18.1 Å². The largest absolute Gasteiger partial charge is 0.505 e. The average molecular weight is 428 g/mol. The highest BCUT2D eigenvalue weighted by atomic mass is 16.3. The highest BCUT2D eigenvalue weighted by molar-refractivity contribution is 6.49. The Morgan fingerprint density at radius 2 is 1.87 bits per heavy atom. The molecular weight excluding hydrogens is 398 g/mol. The number of carbonyl (C=O) groups is 3. The molecule has 1 aliphatic carbocycles. The van der Waals surface area contributed by atoms with E-state index in [1.165, 1.54) is 11.0 Å². The van der Waals surface area contributed by atoms with Gasteiger partial charge in [0.05, 0.1) is 23.6 Å². The van der Waals surface area contributed by atoms with Crippen LogP contribution in [-0.2, 0) is 9.59 Å². The molecule has 166 valence electrons. The number of ketones is 2. The molecule has 0 radical (unpaired) electrons. The maximum absolute atomic E-state index is 12.3. The van der Waals surface area contributed by atoms with Crippen LogP contribution in [0, 0.1) is 0 Å². The lowest BCUT2D eigenvalue weighted by Crippen LogP contribution is -2.67. The summed E-state index contributed by atoms with van der Waals surface area (Å²) in [5, 5.41) is 16.7. The van der Waals surface area contributed by atoms with Crippen LogP contribution in [0.15, 0.2) is 34.9 Å². The van der Waals surface area contributed by atoms with Crippen LogP contribution in [0.5, 0.6) is 5.75 Å². The van der Waals surface area contributed by atoms with Crippen molar-refractivity contribution in [2.45, 2.75) is 51.2 Å². The third kappa shape index (κ3) is 4.34. The van der Waals surface area contributed by atoms with Crippen molar-refractivity contribution in [2.24, 2.45) is 0 Å². The first-order valence-corrected chi connectivity index (χ1v) is 10.4. The summed E-state index contributed by atoms with van der Waals surface area (Å²) in [7, 11) is 3.17. The maximum Gasteiger partial charge on any atom is 0.257 e. The molecule has 1 amide bonds. The molecular formula is C23H29N3O5. The zero-order chi connectivity index (χ0) is 22.9. The summed E-state index contributed by atoms with van der Waals surface area (Å²) in [6.45, 7) is 6.10. The van der Waals surface area contributed by atoms with Crippen LogP contribution in [-0.4, -0.2) is 53.7 Å². The second-order valence-corrected chi connectivity index (χ2v) is 8.29. The van der Waals surface area contributed by atoms with Crippen molar-refractivity contribution >= 4 is 23.2 Å². The van der Waals surface area contributed by atoms with Gasteiger partial charge in [0.15, 0.2) is 5.75 Å². The van der Waals surface area contributed by atoms with Gasteiger partial charge in [0.25, 0.3) is 5.91 Å². The number of benzene rings is 1. The number of phenols is 1. The average Bonchev–Trinajstić information content (AvgIpc) is 3.23. The van der Waals surface area contributed by atoms with Crippen LogP contribution in [0.3, 0.4) is 0 Å². The van der Waals surface area contributed by atoms with Gasteiger partial charge in [-0.25, -0.2) is 0 Å². The number of phenolic OH excluding ortho intramolecular Hbond substituents is 1. The molecule has 1 fully saturated rings. The maximum atomic E-state index is 12.3. The predicted molar refractivity (Wildman–Crippen MR) is 116 cm³/mol. The van der Waals surface area contributed by atoms with E-state index in [9.17, 15) is 19.5 Å². The minimum atomic E-state index is -0.850. The molecule has 0 aliphatic heterocycles. The summed E-state index contributed by atoms with van der Waals surface area (Å²) in [4.78, 5) is 38.2. The van der Waals surface area contributed by atoms with E-state index >= 15 is 0 Å². The van der Waals surface area contributed by atoms with Gasteiger partial charge in [-0.3, -0.25) is 19.7 Å². The van der Waals surface area contributed by atoms with Crippen molar-refractivity contribution < 1.29 is 23.9 Å². The van der Waals surface area contributed by atoms with Crippen LogP contribution >= 0.6 is 0 Å². The van der Waals surface area contributed by atoms with E-state index in [1.54, 1.807) is 32.5 Å². The summed E-state index contributed by atoms with van der Waals surface area (Å²) in [5.41, 5.74) is 1.40. The van der Waals surface area contributed by atoms with Gasteiger partial charge in [0.1, 0.15) is 17.8 Å². The molecule has 1 aromatic heterocycles. The highest BCUT2D eigenvalue weighted by Crippen LogP contribution is 2.32. The topological polar surface area (TPSA) is 112 Å². The van der Waals surface area contributed by atoms with Crippen molar-refractivity contribution in [1.29, 1.82) is 0 Å². The fourth-order valence-corrected chi connectivity index (χ4v) is 3.55. The Balaban J connectivity index is 1.79. The van der Waals surface area contributed by atoms with Crippen molar-refractivity contribution in [3.8, 4) is 5.75 Å². The quantitative estimate of drug-likeness (QED) is 0.439. The Kier molecular flexibility index (Phi) is 6.50. The monoisotopic (exact) mass is 427 g/mol. The number of rotatable bonds is 8. The third-order valence-electron chi connectivity index (χ3n) is 5.56. The summed E-state index contributed by atoms with van der Waals surface area (Å²) in [5.74, 6) is -0.691. The SMILES string of the molecule is CC[C@@H](NC1C(=O)C(=O)C1Nc1cccc(C(=O)N(C)C)c1O)c1cc(C(C)C)co1. The highest BCUT2D eigenvalue weighted by Gasteiger charge is 2.50. The minimum Gasteiger partial charge on any atom is -0.505 e. The molecule has 0 saturated heterocycles. The number of furan rings is 1. The number of para-hydroxylation sites is 1. The molecule has 2 aromatic rings. The molecule has 8 nitrogen and oxygen atoms in total. The Labute approximate surface area is 181 Å². The summed E-state index contributed by atoms with van der Waals surface area (Å²) >= 11 is 0. The lowest BCUT2D eigenvalue weighted by atomic mass is 9.82. The number of hydrogen-bond donors (Lipinski definition) is 3.